The first-order chi connectivity index (χ1) is 13.4. The molecular weight excluding hydrogens is 461 g/mol. The highest BCUT2D eigenvalue weighted by Crippen LogP contribution is 2.19. The van der Waals surface area contributed by atoms with E-state index >= 15 is 0 Å². The quantitative estimate of drug-likeness (QED) is 0.615. The lowest BCUT2D eigenvalue weighted by atomic mass is 10.1. The van der Waals surface area contributed by atoms with Crippen LogP contribution < -0.4 is 10.2 Å². The predicted octanol–water partition coefficient (Wildman–Crippen LogP) is 4.24. The van der Waals surface area contributed by atoms with E-state index in [1.165, 1.54) is 11.3 Å². The molecule has 1 fully saturated rings. The van der Waals surface area contributed by atoms with E-state index in [9.17, 15) is 4.79 Å². The highest BCUT2D eigenvalue weighted by atomic mass is 127. The van der Waals surface area contributed by atoms with Gasteiger partial charge in [0.25, 0.3) is 5.91 Å². The topological polar surface area (TPSA) is 35.6 Å². The summed E-state index contributed by atoms with van der Waals surface area (Å²) in [7, 11) is 0. The number of piperazine rings is 1. The maximum Gasteiger partial charge on any atom is 0.252 e. The van der Waals surface area contributed by atoms with E-state index in [4.69, 9.17) is 0 Å². The standard InChI is InChI=1S/C23H30IN3O/c1-17-6-4-8-20(16-17)27-14-12-26(13-15-27)11-10-19(3)25-23(28)21-9-5-7-18(2)22(21)24/h4-9,16,19H,10-15H2,1-3H3,(H,25,28). The second-order valence-corrected chi connectivity index (χ2v) is 8.85. The number of hydrogen-bond acceptors (Lipinski definition) is 3. The molecule has 1 saturated heterocycles. The van der Waals surface area contributed by atoms with Gasteiger partial charge in [-0.3, -0.25) is 9.69 Å². The maximum absolute atomic E-state index is 12.6. The number of nitrogens with one attached hydrogen (secondary N) is 1. The van der Waals surface area contributed by atoms with Crippen molar-refractivity contribution >= 4 is 34.2 Å². The molecule has 1 N–H and O–H groups in total. The Hall–Kier alpha value is -1.60. The SMILES string of the molecule is Cc1cccc(N2CCN(CCC(C)NC(=O)c3cccc(C)c3I)CC2)c1. The first-order valence-corrected chi connectivity index (χ1v) is 11.1. The molecule has 1 atom stereocenters. The van der Waals surface area contributed by atoms with Crippen LogP contribution in [0.25, 0.3) is 0 Å². The molecule has 1 unspecified atom stereocenters. The third-order valence-corrected chi connectivity index (χ3v) is 6.86. The Morgan fingerprint density at radius 2 is 1.82 bits per heavy atom. The lowest BCUT2D eigenvalue weighted by Crippen LogP contribution is -2.47. The largest absolute Gasteiger partial charge is 0.369 e. The zero-order valence-corrected chi connectivity index (χ0v) is 19.2. The van der Waals surface area contributed by atoms with Crippen molar-refractivity contribution in [1.82, 2.24) is 10.2 Å². The number of amides is 1. The summed E-state index contributed by atoms with van der Waals surface area (Å²) in [5.74, 6) is 0.0323. The second-order valence-electron chi connectivity index (χ2n) is 7.77. The third-order valence-electron chi connectivity index (χ3n) is 5.43. The maximum atomic E-state index is 12.6. The smallest absolute Gasteiger partial charge is 0.252 e. The van der Waals surface area contributed by atoms with Crippen LogP contribution in [-0.2, 0) is 0 Å². The van der Waals surface area contributed by atoms with Crippen LogP contribution >= 0.6 is 22.6 Å². The molecule has 0 aliphatic carbocycles. The molecule has 2 aromatic carbocycles. The molecule has 1 aliphatic rings. The molecule has 0 spiro atoms. The number of hydrogen-bond donors (Lipinski definition) is 1. The van der Waals surface area contributed by atoms with Gasteiger partial charge in [-0.1, -0.05) is 24.3 Å². The lowest BCUT2D eigenvalue weighted by molar-refractivity contribution is 0.0934. The first kappa shape index (κ1) is 21.1. The number of halogens is 1. The summed E-state index contributed by atoms with van der Waals surface area (Å²) in [5.41, 5.74) is 4.56. The zero-order valence-electron chi connectivity index (χ0n) is 17.0. The molecule has 0 aromatic heterocycles. The highest BCUT2D eigenvalue weighted by Gasteiger charge is 2.19. The van der Waals surface area contributed by atoms with E-state index < -0.39 is 0 Å². The summed E-state index contributed by atoms with van der Waals surface area (Å²) in [6, 6.07) is 14.8. The van der Waals surface area contributed by atoms with Gasteiger partial charge in [-0.25, -0.2) is 0 Å². The van der Waals surface area contributed by atoms with Gasteiger partial charge in [-0.05, 0) is 79.1 Å². The molecule has 1 heterocycles. The van der Waals surface area contributed by atoms with Crippen molar-refractivity contribution in [3.63, 3.8) is 0 Å². The number of carbonyl (C=O) groups excluding carboxylic acids is 1. The van der Waals surface area contributed by atoms with Crippen LogP contribution in [0.5, 0.6) is 0 Å². The van der Waals surface area contributed by atoms with Crippen LogP contribution in [0.1, 0.15) is 34.8 Å². The minimum absolute atomic E-state index is 0.0323. The van der Waals surface area contributed by atoms with Gasteiger partial charge >= 0.3 is 0 Å². The number of carbonyl (C=O) groups is 1. The molecule has 0 radical (unpaired) electrons. The van der Waals surface area contributed by atoms with Crippen LogP contribution in [0.4, 0.5) is 5.69 Å². The van der Waals surface area contributed by atoms with Gasteiger partial charge in [0.2, 0.25) is 0 Å². The number of nitrogens with zero attached hydrogens (tertiary/aromatic N) is 2. The van der Waals surface area contributed by atoms with Crippen LogP contribution in [0.15, 0.2) is 42.5 Å². The summed E-state index contributed by atoms with van der Waals surface area (Å²) in [6.07, 6.45) is 0.971. The van der Waals surface area contributed by atoms with E-state index in [1.54, 1.807) is 0 Å². The number of aryl methyl sites for hydroxylation is 2. The van der Waals surface area contributed by atoms with Crippen molar-refractivity contribution < 1.29 is 4.79 Å². The van der Waals surface area contributed by atoms with Crippen molar-refractivity contribution in [2.75, 3.05) is 37.6 Å². The molecular formula is C23H30IN3O. The lowest BCUT2D eigenvalue weighted by Gasteiger charge is -2.36. The van der Waals surface area contributed by atoms with Crippen molar-refractivity contribution in [3.8, 4) is 0 Å². The van der Waals surface area contributed by atoms with Crippen LogP contribution in [0, 0.1) is 17.4 Å². The Morgan fingerprint density at radius 3 is 2.54 bits per heavy atom. The van der Waals surface area contributed by atoms with Gasteiger partial charge in [0.15, 0.2) is 0 Å². The summed E-state index contributed by atoms with van der Waals surface area (Å²) < 4.78 is 1.04. The highest BCUT2D eigenvalue weighted by molar-refractivity contribution is 14.1. The fourth-order valence-electron chi connectivity index (χ4n) is 3.63. The molecule has 5 heteroatoms. The summed E-state index contributed by atoms with van der Waals surface area (Å²) in [5, 5.41) is 3.16. The summed E-state index contributed by atoms with van der Waals surface area (Å²) in [4.78, 5) is 17.5. The number of anilines is 1. The summed E-state index contributed by atoms with van der Waals surface area (Å²) in [6.45, 7) is 11.6. The Morgan fingerprint density at radius 1 is 1.11 bits per heavy atom. The van der Waals surface area contributed by atoms with Gasteiger partial charge in [-0.15, -0.1) is 0 Å². The monoisotopic (exact) mass is 491 g/mol. The van der Waals surface area contributed by atoms with E-state index in [-0.39, 0.29) is 11.9 Å². The fraction of sp³-hybridized carbons (Fsp3) is 0.435. The first-order valence-electron chi connectivity index (χ1n) is 10.0. The minimum atomic E-state index is 0.0323. The Labute approximate surface area is 182 Å². The predicted molar refractivity (Wildman–Crippen MR) is 125 cm³/mol. The van der Waals surface area contributed by atoms with Gasteiger partial charge < -0.3 is 10.2 Å². The Balaban J connectivity index is 1.43. The molecule has 28 heavy (non-hydrogen) atoms. The molecule has 4 nitrogen and oxygen atoms in total. The van der Waals surface area contributed by atoms with E-state index in [1.807, 2.05) is 25.1 Å². The van der Waals surface area contributed by atoms with Gasteiger partial charge in [0.05, 0.1) is 5.56 Å². The average molecular weight is 491 g/mol. The van der Waals surface area contributed by atoms with Gasteiger partial charge in [-0.2, -0.15) is 0 Å². The normalized spacial score (nSPS) is 16.1. The molecule has 150 valence electrons. The molecule has 2 aromatic rings. The minimum Gasteiger partial charge on any atom is -0.369 e. The Kier molecular flexibility index (Phi) is 7.35. The second kappa shape index (κ2) is 9.74. The van der Waals surface area contributed by atoms with Crippen LogP contribution in [0.3, 0.4) is 0 Å². The van der Waals surface area contributed by atoms with E-state index in [0.29, 0.717) is 0 Å². The van der Waals surface area contributed by atoms with Crippen molar-refractivity contribution in [3.05, 3.63) is 62.7 Å². The van der Waals surface area contributed by atoms with E-state index in [0.717, 1.165) is 53.8 Å². The van der Waals surface area contributed by atoms with Crippen molar-refractivity contribution in [1.29, 1.82) is 0 Å². The van der Waals surface area contributed by atoms with E-state index in [2.05, 4.69) is 75.8 Å². The summed E-state index contributed by atoms with van der Waals surface area (Å²) >= 11 is 2.26. The third kappa shape index (κ3) is 5.47. The average Bonchev–Trinajstić information content (AvgIpc) is 2.69. The van der Waals surface area contributed by atoms with Crippen molar-refractivity contribution in [2.45, 2.75) is 33.2 Å². The van der Waals surface area contributed by atoms with Crippen LogP contribution in [-0.4, -0.2) is 49.6 Å². The molecule has 0 saturated carbocycles. The zero-order chi connectivity index (χ0) is 20.1. The Bertz CT molecular complexity index is 815. The van der Waals surface area contributed by atoms with Gasteiger partial charge in [0.1, 0.15) is 0 Å². The number of rotatable bonds is 6. The molecule has 1 amide bonds. The fourth-order valence-corrected chi connectivity index (χ4v) is 4.23. The number of benzene rings is 2. The van der Waals surface area contributed by atoms with Crippen LogP contribution in [0.2, 0.25) is 0 Å². The molecule has 1 aliphatic heterocycles. The molecule has 3 rings (SSSR count). The van der Waals surface area contributed by atoms with Gasteiger partial charge in [0, 0.05) is 48.0 Å². The van der Waals surface area contributed by atoms with Crippen molar-refractivity contribution in [2.24, 2.45) is 0 Å². The molecule has 0 bridgehead atoms.